The SMILES string of the molecule is CC(=O)Oc1ccc(CC(=O)Oc2ccc(-c3cc(=S)ss3)cc2)cc1C(=O)OCCCCO[N+](=O)[O-]. The summed E-state index contributed by atoms with van der Waals surface area (Å²) in [5.74, 6) is -1.60. The third kappa shape index (κ3) is 9.04. The van der Waals surface area contributed by atoms with E-state index < -0.39 is 23.0 Å². The average Bonchev–Trinajstić information content (AvgIpc) is 3.28. The van der Waals surface area contributed by atoms with Crippen LogP contribution < -0.4 is 9.47 Å². The summed E-state index contributed by atoms with van der Waals surface area (Å²) >= 11 is 5.16. The summed E-state index contributed by atoms with van der Waals surface area (Å²) in [6.07, 6.45) is 0.488. The van der Waals surface area contributed by atoms with Gasteiger partial charge < -0.3 is 19.0 Å². The van der Waals surface area contributed by atoms with Crippen molar-refractivity contribution in [2.45, 2.75) is 26.2 Å². The minimum Gasteiger partial charge on any atom is -0.462 e. The first kappa shape index (κ1) is 27.9. The van der Waals surface area contributed by atoms with Gasteiger partial charge in [0.05, 0.1) is 19.6 Å². The molecule has 1 heterocycles. The molecule has 0 unspecified atom stereocenters. The molecule has 0 spiro atoms. The van der Waals surface area contributed by atoms with Crippen LogP contribution in [0.25, 0.3) is 10.4 Å². The lowest BCUT2D eigenvalue weighted by Crippen LogP contribution is -2.14. The molecule has 37 heavy (non-hydrogen) atoms. The van der Waals surface area contributed by atoms with E-state index in [0.29, 0.717) is 24.2 Å². The van der Waals surface area contributed by atoms with Gasteiger partial charge in [-0.3, -0.25) is 9.59 Å². The molecule has 10 nitrogen and oxygen atoms in total. The first-order chi connectivity index (χ1) is 17.7. The number of unbranched alkanes of at least 4 members (excludes halogenated alkanes) is 1. The van der Waals surface area contributed by atoms with Gasteiger partial charge >= 0.3 is 17.9 Å². The minimum atomic E-state index is -0.897. The summed E-state index contributed by atoms with van der Waals surface area (Å²) in [6, 6.07) is 13.3. The summed E-state index contributed by atoms with van der Waals surface area (Å²) in [4.78, 5) is 51.9. The molecule has 0 fully saturated rings. The Morgan fingerprint density at radius 3 is 2.35 bits per heavy atom. The molecule has 1 aromatic heterocycles. The number of esters is 3. The summed E-state index contributed by atoms with van der Waals surface area (Å²) < 4.78 is 16.5. The quantitative estimate of drug-likeness (QED) is 0.0535. The van der Waals surface area contributed by atoms with Crippen LogP contribution in [-0.4, -0.2) is 36.2 Å². The number of rotatable bonds is 12. The predicted octanol–water partition coefficient (Wildman–Crippen LogP) is 5.42. The molecular formula is C24H21NO9S3. The maximum atomic E-state index is 12.6. The number of carbonyl (C=O) groups excluding carboxylic acids is 3. The zero-order chi connectivity index (χ0) is 26.8. The second-order valence-corrected chi connectivity index (χ2v) is 10.4. The van der Waals surface area contributed by atoms with Gasteiger partial charge in [-0.05, 0) is 66.4 Å². The van der Waals surface area contributed by atoms with Gasteiger partial charge in [0.2, 0.25) is 0 Å². The lowest BCUT2D eigenvalue weighted by atomic mass is 10.1. The van der Waals surface area contributed by atoms with Gasteiger partial charge in [0.15, 0.2) is 0 Å². The molecule has 3 aromatic rings. The smallest absolute Gasteiger partial charge is 0.341 e. The van der Waals surface area contributed by atoms with Crippen LogP contribution in [0.4, 0.5) is 0 Å². The molecule has 3 rings (SSSR count). The molecule has 13 heteroatoms. The zero-order valence-corrected chi connectivity index (χ0v) is 22.0. The van der Waals surface area contributed by atoms with Crippen LogP contribution in [0, 0.1) is 13.9 Å². The van der Waals surface area contributed by atoms with Gasteiger partial charge in [-0.25, -0.2) is 4.79 Å². The number of nitrogens with zero attached hydrogens (tertiary/aromatic N) is 1. The second kappa shape index (κ2) is 13.6. The fourth-order valence-electron chi connectivity index (χ4n) is 3.07. The normalized spacial score (nSPS) is 10.4. The van der Waals surface area contributed by atoms with E-state index >= 15 is 0 Å². The van der Waals surface area contributed by atoms with Crippen LogP contribution >= 0.6 is 32.9 Å². The van der Waals surface area contributed by atoms with E-state index in [1.54, 1.807) is 28.5 Å². The van der Waals surface area contributed by atoms with E-state index in [9.17, 15) is 24.5 Å². The molecule has 0 amide bonds. The molecule has 194 valence electrons. The van der Waals surface area contributed by atoms with Crippen LogP contribution in [0.3, 0.4) is 0 Å². The third-order valence-electron chi connectivity index (χ3n) is 4.67. The maximum Gasteiger partial charge on any atom is 0.341 e. The van der Waals surface area contributed by atoms with Crippen molar-refractivity contribution in [3.05, 3.63) is 73.6 Å². The molecular weight excluding hydrogens is 542 g/mol. The van der Waals surface area contributed by atoms with E-state index in [1.807, 2.05) is 18.2 Å². The van der Waals surface area contributed by atoms with Crippen molar-refractivity contribution in [2.24, 2.45) is 0 Å². The summed E-state index contributed by atoms with van der Waals surface area (Å²) in [5, 5.41) is 9.25. The highest BCUT2D eigenvalue weighted by Crippen LogP contribution is 2.30. The van der Waals surface area contributed by atoms with Crippen molar-refractivity contribution in [3.8, 4) is 21.9 Å². The highest BCUT2D eigenvalue weighted by Gasteiger charge is 2.18. The van der Waals surface area contributed by atoms with E-state index in [2.05, 4.69) is 4.84 Å². The Labute approximate surface area is 223 Å². The largest absolute Gasteiger partial charge is 0.462 e. The van der Waals surface area contributed by atoms with E-state index in [-0.39, 0.29) is 30.9 Å². The first-order valence-electron chi connectivity index (χ1n) is 10.9. The zero-order valence-electron chi connectivity index (χ0n) is 19.5. The molecule has 0 bridgehead atoms. The first-order valence-corrected chi connectivity index (χ1v) is 13.4. The molecule has 0 radical (unpaired) electrons. The summed E-state index contributed by atoms with van der Waals surface area (Å²) in [5.41, 5.74) is 1.37. The number of hydrogen-bond donors (Lipinski definition) is 0. The van der Waals surface area contributed by atoms with E-state index in [4.69, 9.17) is 26.4 Å². The molecule has 0 atom stereocenters. The Balaban J connectivity index is 1.61. The van der Waals surface area contributed by atoms with Crippen molar-refractivity contribution in [3.63, 3.8) is 0 Å². The average molecular weight is 564 g/mol. The van der Waals surface area contributed by atoms with Gasteiger partial charge in [0, 0.05) is 11.8 Å². The molecule has 0 aliphatic carbocycles. The van der Waals surface area contributed by atoms with Crippen molar-refractivity contribution in [1.82, 2.24) is 0 Å². The Kier molecular flexibility index (Phi) is 10.2. The molecule has 0 saturated carbocycles. The summed E-state index contributed by atoms with van der Waals surface area (Å²) in [7, 11) is 3.09. The Hall–Kier alpha value is -3.68. The lowest BCUT2D eigenvalue weighted by Gasteiger charge is -2.11. The molecule has 0 saturated heterocycles. The van der Waals surface area contributed by atoms with Gasteiger partial charge in [0.1, 0.15) is 20.9 Å². The van der Waals surface area contributed by atoms with Crippen LogP contribution in [0.2, 0.25) is 0 Å². The van der Waals surface area contributed by atoms with Crippen LogP contribution in [0.1, 0.15) is 35.7 Å². The number of ether oxygens (including phenoxy) is 3. The summed E-state index contributed by atoms with van der Waals surface area (Å²) in [6.45, 7) is 1.05. The molecule has 0 aliphatic rings. The van der Waals surface area contributed by atoms with Crippen molar-refractivity contribution < 1.29 is 38.5 Å². The Morgan fingerprint density at radius 2 is 1.70 bits per heavy atom. The van der Waals surface area contributed by atoms with Crippen LogP contribution in [0.15, 0.2) is 48.5 Å². The Morgan fingerprint density at radius 1 is 0.973 bits per heavy atom. The third-order valence-corrected chi connectivity index (χ3v) is 7.58. The minimum absolute atomic E-state index is 0.0152. The second-order valence-electron chi connectivity index (χ2n) is 7.49. The van der Waals surface area contributed by atoms with E-state index in [1.165, 1.54) is 29.4 Å². The monoisotopic (exact) mass is 563 g/mol. The van der Waals surface area contributed by atoms with E-state index in [0.717, 1.165) is 14.3 Å². The van der Waals surface area contributed by atoms with Crippen LogP contribution in [-0.2, 0) is 25.6 Å². The highest BCUT2D eigenvalue weighted by molar-refractivity contribution is 7.80. The topological polar surface area (TPSA) is 131 Å². The standard InChI is InChI=1S/C24H21NO9S3/c1-15(26)33-20-9-4-16(12-19(20)24(28)31-10-2-3-11-32-25(29)30)13-22(27)34-18-7-5-17(6-8-18)21-14-23(35)37-36-21/h4-9,12,14H,2-3,10-11,13H2,1H3. The van der Waals surface area contributed by atoms with Gasteiger partial charge in [-0.2, -0.15) is 0 Å². The predicted molar refractivity (Wildman–Crippen MR) is 138 cm³/mol. The maximum absolute atomic E-state index is 12.6. The number of benzene rings is 2. The van der Waals surface area contributed by atoms with Crippen LogP contribution in [0.5, 0.6) is 11.5 Å². The molecule has 0 N–H and O–H groups in total. The molecule has 0 aliphatic heterocycles. The van der Waals surface area contributed by atoms with Crippen molar-refractivity contribution >= 4 is 50.8 Å². The number of hydrogen-bond acceptors (Lipinski definition) is 12. The highest BCUT2D eigenvalue weighted by atomic mass is 32.9. The van der Waals surface area contributed by atoms with Crippen molar-refractivity contribution in [2.75, 3.05) is 13.2 Å². The lowest BCUT2D eigenvalue weighted by molar-refractivity contribution is -0.757. The fraction of sp³-hybridized carbons (Fsp3) is 0.250. The van der Waals surface area contributed by atoms with Crippen molar-refractivity contribution in [1.29, 1.82) is 0 Å². The fourth-order valence-corrected chi connectivity index (χ4v) is 5.47. The Bertz CT molecular complexity index is 1330. The van der Waals surface area contributed by atoms with Gasteiger partial charge in [-0.15, -0.1) is 10.1 Å². The van der Waals surface area contributed by atoms with Gasteiger partial charge in [-0.1, -0.05) is 39.0 Å². The number of carbonyl (C=O) groups is 3. The van der Waals surface area contributed by atoms with Gasteiger partial charge in [0.25, 0.3) is 5.09 Å². The molecule has 2 aromatic carbocycles.